The van der Waals surface area contributed by atoms with Gasteiger partial charge in [-0.25, -0.2) is 4.98 Å². The molecular formula is C34H28BN5O. The van der Waals surface area contributed by atoms with Gasteiger partial charge in [0.25, 0.3) is 0 Å². The van der Waals surface area contributed by atoms with E-state index in [1.165, 1.54) is 27.5 Å². The lowest BCUT2D eigenvalue weighted by molar-refractivity contribution is 0.481. The number of fused-ring (bicyclic) bond motifs is 6. The number of rotatable bonds is 4. The Kier molecular flexibility index (Phi) is 5.32. The highest BCUT2D eigenvalue weighted by molar-refractivity contribution is 6.84. The Morgan fingerprint density at radius 3 is 2.32 bits per heavy atom. The molecule has 6 nitrogen and oxygen atoms in total. The molecule has 0 unspecified atom stereocenters. The quantitative estimate of drug-likeness (QED) is 0.245. The molecule has 0 amide bonds. The first-order valence-corrected chi connectivity index (χ1v) is 13.9. The van der Waals surface area contributed by atoms with Gasteiger partial charge < -0.3 is 19.3 Å². The van der Waals surface area contributed by atoms with Crippen LogP contribution >= 0.6 is 0 Å². The SMILES string of the molecule is CN1C=C2B(c3ccccc3)N(C)c3ccc(Oc4ccc5c6ccccc6n(-c6ccccn6)c5c4)cc3N2C1. The summed E-state index contributed by atoms with van der Waals surface area (Å²) in [7, 11) is 4.31. The van der Waals surface area contributed by atoms with E-state index in [2.05, 4.69) is 135 Å². The maximum Gasteiger partial charge on any atom is 0.342 e. The van der Waals surface area contributed by atoms with Crippen molar-refractivity contribution in [2.45, 2.75) is 0 Å². The molecule has 7 heteroatoms. The third-order valence-electron chi connectivity index (χ3n) is 8.19. The Hall–Kier alpha value is -5.17. The number of anilines is 2. The molecule has 198 valence electrons. The molecule has 2 aliphatic heterocycles. The number of ether oxygens (including phenoxy) is 1. The minimum Gasteiger partial charge on any atom is -0.457 e. The number of hydrogen-bond acceptors (Lipinski definition) is 5. The molecule has 8 rings (SSSR count). The van der Waals surface area contributed by atoms with Crippen molar-refractivity contribution >= 4 is 45.5 Å². The van der Waals surface area contributed by atoms with E-state index in [1.54, 1.807) is 0 Å². The highest BCUT2D eigenvalue weighted by Gasteiger charge is 2.41. The van der Waals surface area contributed by atoms with Crippen molar-refractivity contribution in [2.24, 2.45) is 0 Å². The Bertz CT molecular complexity index is 1950. The van der Waals surface area contributed by atoms with Crippen LogP contribution in [0.2, 0.25) is 0 Å². The zero-order chi connectivity index (χ0) is 27.5. The molecule has 0 spiro atoms. The lowest BCUT2D eigenvalue weighted by atomic mass is 9.50. The van der Waals surface area contributed by atoms with Crippen molar-refractivity contribution in [1.29, 1.82) is 0 Å². The van der Waals surface area contributed by atoms with Crippen molar-refractivity contribution < 1.29 is 4.74 Å². The first-order chi connectivity index (χ1) is 20.2. The van der Waals surface area contributed by atoms with E-state index in [0.717, 1.165) is 40.7 Å². The minimum atomic E-state index is 0.149. The number of benzene rings is 4. The molecule has 2 aromatic heterocycles. The number of nitrogens with zero attached hydrogens (tertiary/aromatic N) is 5. The first-order valence-electron chi connectivity index (χ1n) is 13.9. The molecule has 2 aliphatic rings. The molecule has 0 aliphatic carbocycles. The number of aromatic nitrogens is 2. The lowest BCUT2D eigenvalue weighted by Gasteiger charge is -2.41. The van der Waals surface area contributed by atoms with E-state index >= 15 is 0 Å². The fourth-order valence-corrected chi connectivity index (χ4v) is 6.41. The average Bonchev–Trinajstić information content (AvgIpc) is 3.55. The second kappa shape index (κ2) is 9.20. The second-order valence-corrected chi connectivity index (χ2v) is 10.8. The zero-order valence-corrected chi connectivity index (χ0v) is 23.0. The van der Waals surface area contributed by atoms with Crippen molar-refractivity contribution in [3.63, 3.8) is 0 Å². The highest BCUT2D eigenvalue weighted by atomic mass is 16.5. The van der Waals surface area contributed by atoms with E-state index in [1.807, 2.05) is 24.4 Å². The van der Waals surface area contributed by atoms with Gasteiger partial charge in [-0.05, 0) is 55.0 Å². The molecule has 0 saturated heterocycles. The third-order valence-corrected chi connectivity index (χ3v) is 8.19. The van der Waals surface area contributed by atoms with Crippen LogP contribution in [0, 0.1) is 0 Å². The number of hydrogen-bond donors (Lipinski definition) is 0. The predicted molar refractivity (Wildman–Crippen MR) is 169 cm³/mol. The molecule has 4 heterocycles. The molecule has 0 radical (unpaired) electrons. The smallest absolute Gasteiger partial charge is 0.342 e. The van der Waals surface area contributed by atoms with E-state index in [0.29, 0.717) is 0 Å². The number of pyridine rings is 1. The van der Waals surface area contributed by atoms with Crippen LogP contribution in [0.4, 0.5) is 11.4 Å². The molecule has 4 aromatic carbocycles. The van der Waals surface area contributed by atoms with Gasteiger partial charge in [-0.2, -0.15) is 0 Å². The summed E-state index contributed by atoms with van der Waals surface area (Å²) in [4.78, 5) is 11.7. The molecular weight excluding hydrogens is 505 g/mol. The van der Waals surface area contributed by atoms with Crippen LogP contribution < -0.4 is 19.9 Å². The average molecular weight is 533 g/mol. The Balaban J connectivity index is 1.20. The van der Waals surface area contributed by atoms with Crippen LogP contribution in [0.15, 0.2) is 127 Å². The van der Waals surface area contributed by atoms with Crippen LogP contribution in [0.1, 0.15) is 0 Å². The number of para-hydroxylation sites is 1. The van der Waals surface area contributed by atoms with Gasteiger partial charge in [-0.15, -0.1) is 0 Å². The van der Waals surface area contributed by atoms with E-state index in [9.17, 15) is 0 Å². The summed E-state index contributed by atoms with van der Waals surface area (Å²) in [5.41, 5.74) is 7.08. The predicted octanol–water partition coefficient (Wildman–Crippen LogP) is 6.41. The van der Waals surface area contributed by atoms with Gasteiger partial charge in [-0.1, -0.05) is 54.6 Å². The zero-order valence-electron chi connectivity index (χ0n) is 23.0. The maximum absolute atomic E-state index is 6.55. The molecule has 6 aromatic rings. The summed E-state index contributed by atoms with van der Waals surface area (Å²) in [6.07, 6.45) is 4.09. The van der Waals surface area contributed by atoms with Gasteiger partial charge in [0.2, 0.25) is 0 Å². The molecule has 41 heavy (non-hydrogen) atoms. The topological polar surface area (TPSA) is 36.8 Å². The standard InChI is InChI=1S/C34H28BN5O/c1-37-22-33-35(24-10-4-3-5-11-24)38(2)30-18-16-26(21-32(30)39(33)23-37)41-25-15-17-28-27-12-6-7-13-29(27)40(31(28)20-25)34-14-8-9-19-36-34/h3-22H,23H2,1-2H3. The molecule has 0 bridgehead atoms. The molecule has 0 fully saturated rings. The van der Waals surface area contributed by atoms with Gasteiger partial charge >= 0.3 is 6.85 Å². The van der Waals surface area contributed by atoms with Crippen molar-refractivity contribution in [3.05, 3.63) is 127 Å². The lowest BCUT2D eigenvalue weighted by Crippen LogP contribution is -2.54. The molecule has 0 N–H and O–H groups in total. The first kappa shape index (κ1) is 23.7. The Labute approximate surface area is 239 Å². The van der Waals surface area contributed by atoms with Crippen molar-refractivity contribution in [1.82, 2.24) is 14.5 Å². The van der Waals surface area contributed by atoms with Crippen LogP contribution in [-0.4, -0.2) is 42.1 Å². The van der Waals surface area contributed by atoms with Crippen LogP contribution in [0.3, 0.4) is 0 Å². The van der Waals surface area contributed by atoms with Gasteiger partial charge in [0.05, 0.1) is 23.4 Å². The summed E-state index contributed by atoms with van der Waals surface area (Å²) < 4.78 is 8.76. The summed E-state index contributed by atoms with van der Waals surface area (Å²) in [5.74, 6) is 2.49. The normalized spacial score (nSPS) is 14.4. The highest BCUT2D eigenvalue weighted by Crippen LogP contribution is 2.43. The Morgan fingerprint density at radius 2 is 1.46 bits per heavy atom. The van der Waals surface area contributed by atoms with E-state index < -0.39 is 0 Å². The van der Waals surface area contributed by atoms with Gasteiger partial charge in [0, 0.05) is 53.6 Å². The molecule has 0 atom stereocenters. The minimum absolute atomic E-state index is 0.149. The summed E-state index contributed by atoms with van der Waals surface area (Å²) >= 11 is 0. The summed E-state index contributed by atoms with van der Waals surface area (Å²) in [6.45, 7) is 0.954. The van der Waals surface area contributed by atoms with Crippen LogP contribution in [0.25, 0.3) is 27.6 Å². The fourth-order valence-electron chi connectivity index (χ4n) is 6.41. The largest absolute Gasteiger partial charge is 0.457 e. The summed E-state index contributed by atoms with van der Waals surface area (Å²) in [5, 5.41) is 2.37. The molecule has 0 saturated carbocycles. The maximum atomic E-state index is 6.55. The monoisotopic (exact) mass is 533 g/mol. The van der Waals surface area contributed by atoms with Crippen LogP contribution in [0.5, 0.6) is 11.5 Å². The van der Waals surface area contributed by atoms with Crippen molar-refractivity contribution in [2.75, 3.05) is 30.5 Å². The van der Waals surface area contributed by atoms with Crippen LogP contribution in [-0.2, 0) is 0 Å². The third kappa shape index (κ3) is 3.77. The summed E-state index contributed by atoms with van der Waals surface area (Å²) in [6, 6.07) is 37.9. The fraction of sp³-hybridized carbons (Fsp3) is 0.0882. The second-order valence-electron chi connectivity index (χ2n) is 10.8. The van der Waals surface area contributed by atoms with Crippen molar-refractivity contribution in [3.8, 4) is 17.3 Å². The Morgan fingerprint density at radius 1 is 0.707 bits per heavy atom. The van der Waals surface area contributed by atoms with E-state index in [4.69, 9.17) is 4.74 Å². The van der Waals surface area contributed by atoms with Gasteiger partial charge in [-0.3, -0.25) is 4.57 Å². The van der Waals surface area contributed by atoms with Gasteiger partial charge in [0.15, 0.2) is 0 Å². The van der Waals surface area contributed by atoms with E-state index in [-0.39, 0.29) is 6.85 Å². The van der Waals surface area contributed by atoms with Gasteiger partial charge in [0.1, 0.15) is 17.3 Å².